The first kappa shape index (κ1) is 18.4. The van der Waals surface area contributed by atoms with Crippen molar-refractivity contribution >= 4 is 5.91 Å². The van der Waals surface area contributed by atoms with E-state index >= 15 is 0 Å². The van der Waals surface area contributed by atoms with Gasteiger partial charge in [0.15, 0.2) is 0 Å². The SMILES string of the molecule is O=C(Cc1ccc(CO)cc1)N1C[C@@H](CN2CCCC2)C[C@H](CO)C1. The van der Waals surface area contributed by atoms with Gasteiger partial charge < -0.3 is 20.0 Å². The van der Waals surface area contributed by atoms with Gasteiger partial charge >= 0.3 is 0 Å². The van der Waals surface area contributed by atoms with Gasteiger partial charge in [0.05, 0.1) is 13.0 Å². The smallest absolute Gasteiger partial charge is 0.227 e. The molecule has 2 heterocycles. The summed E-state index contributed by atoms with van der Waals surface area (Å²) in [5, 5.41) is 18.8. The third kappa shape index (κ3) is 5.03. The van der Waals surface area contributed by atoms with Gasteiger partial charge in [-0.15, -0.1) is 0 Å². The van der Waals surface area contributed by atoms with Crippen LogP contribution in [0.1, 0.15) is 30.4 Å². The number of amides is 1. The van der Waals surface area contributed by atoms with Crippen LogP contribution in [0.2, 0.25) is 0 Å². The maximum Gasteiger partial charge on any atom is 0.227 e. The average Bonchev–Trinajstić information content (AvgIpc) is 3.15. The van der Waals surface area contributed by atoms with Crippen molar-refractivity contribution in [1.29, 1.82) is 0 Å². The van der Waals surface area contributed by atoms with Crippen LogP contribution in [0.3, 0.4) is 0 Å². The molecule has 1 amide bonds. The molecule has 1 aromatic carbocycles. The molecule has 2 atom stereocenters. The topological polar surface area (TPSA) is 64.0 Å². The van der Waals surface area contributed by atoms with E-state index in [2.05, 4.69) is 4.90 Å². The van der Waals surface area contributed by atoms with Crippen molar-refractivity contribution in [1.82, 2.24) is 9.80 Å². The van der Waals surface area contributed by atoms with Gasteiger partial charge in [-0.2, -0.15) is 0 Å². The van der Waals surface area contributed by atoms with E-state index in [1.165, 1.54) is 25.9 Å². The zero-order valence-electron chi connectivity index (χ0n) is 14.9. The summed E-state index contributed by atoms with van der Waals surface area (Å²) < 4.78 is 0. The number of aliphatic hydroxyl groups excluding tert-OH is 2. The summed E-state index contributed by atoms with van der Waals surface area (Å²) in [6.07, 6.45) is 3.97. The number of hydrogen-bond acceptors (Lipinski definition) is 4. The molecule has 2 aliphatic heterocycles. The lowest BCUT2D eigenvalue weighted by Gasteiger charge is -2.38. The molecule has 0 radical (unpaired) electrons. The molecule has 0 unspecified atom stereocenters. The van der Waals surface area contributed by atoms with E-state index in [1.54, 1.807) is 0 Å². The van der Waals surface area contributed by atoms with Crippen LogP contribution in [0, 0.1) is 11.8 Å². The van der Waals surface area contributed by atoms with Crippen molar-refractivity contribution in [3.05, 3.63) is 35.4 Å². The first-order valence-corrected chi connectivity index (χ1v) is 9.47. The van der Waals surface area contributed by atoms with Crippen molar-refractivity contribution in [2.75, 3.05) is 39.3 Å². The van der Waals surface area contributed by atoms with Crippen LogP contribution in [0.4, 0.5) is 0 Å². The number of hydrogen-bond donors (Lipinski definition) is 2. The van der Waals surface area contributed by atoms with Gasteiger partial charge in [-0.1, -0.05) is 24.3 Å². The van der Waals surface area contributed by atoms with Crippen LogP contribution < -0.4 is 0 Å². The predicted octanol–water partition coefficient (Wildman–Crippen LogP) is 1.27. The molecule has 0 aromatic heterocycles. The highest BCUT2D eigenvalue weighted by molar-refractivity contribution is 5.79. The van der Waals surface area contributed by atoms with E-state index in [-0.39, 0.29) is 25.0 Å². The number of piperidine rings is 1. The summed E-state index contributed by atoms with van der Waals surface area (Å²) >= 11 is 0. The Morgan fingerprint density at radius 1 is 1.00 bits per heavy atom. The van der Waals surface area contributed by atoms with Crippen molar-refractivity contribution in [2.45, 2.75) is 32.3 Å². The number of nitrogens with zero attached hydrogens (tertiary/aromatic N) is 2. The Balaban J connectivity index is 1.58. The van der Waals surface area contributed by atoms with Gasteiger partial charge in [0.1, 0.15) is 0 Å². The average molecular weight is 346 g/mol. The highest BCUT2D eigenvalue weighted by Crippen LogP contribution is 2.24. The molecular formula is C20H30N2O3. The number of carbonyl (C=O) groups is 1. The van der Waals surface area contributed by atoms with E-state index in [0.717, 1.165) is 30.6 Å². The molecule has 2 N–H and O–H groups in total. The quantitative estimate of drug-likeness (QED) is 0.814. The molecule has 2 fully saturated rings. The maximum atomic E-state index is 12.7. The Bertz CT molecular complexity index is 555. The van der Waals surface area contributed by atoms with Crippen LogP contribution in [-0.2, 0) is 17.8 Å². The summed E-state index contributed by atoms with van der Waals surface area (Å²) in [5.74, 6) is 0.799. The standard InChI is InChI=1S/C20H30N2O3/c23-14-17-5-3-16(4-6-17)10-20(25)22-12-18(9-19(13-22)15-24)11-21-7-1-2-8-21/h3-6,18-19,23-24H,1-2,7-15H2/t18-,19+/m1/s1. The Kier molecular flexibility index (Phi) is 6.45. The first-order chi connectivity index (χ1) is 12.2. The summed E-state index contributed by atoms with van der Waals surface area (Å²) in [5.41, 5.74) is 1.84. The van der Waals surface area contributed by atoms with Gasteiger partial charge in [-0.3, -0.25) is 4.79 Å². The molecule has 3 rings (SSSR count). The van der Waals surface area contributed by atoms with Gasteiger partial charge in [0.2, 0.25) is 5.91 Å². The van der Waals surface area contributed by atoms with Crippen molar-refractivity contribution < 1.29 is 15.0 Å². The maximum absolute atomic E-state index is 12.7. The lowest BCUT2D eigenvalue weighted by atomic mass is 9.89. The Labute approximate surface area is 150 Å². The Hall–Kier alpha value is -1.43. The number of likely N-dealkylation sites (tertiary alicyclic amines) is 2. The number of rotatable bonds is 6. The van der Waals surface area contributed by atoms with E-state index in [0.29, 0.717) is 18.9 Å². The van der Waals surface area contributed by atoms with Gasteiger partial charge in [-0.25, -0.2) is 0 Å². The monoisotopic (exact) mass is 346 g/mol. The molecular weight excluding hydrogens is 316 g/mol. The van der Waals surface area contributed by atoms with Crippen molar-refractivity contribution in [3.8, 4) is 0 Å². The van der Waals surface area contributed by atoms with Gasteiger partial charge in [-0.05, 0) is 55.3 Å². The molecule has 25 heavy (non-hydrogen) atoms. The van der Waals surface area contributed by atoms with Gasteiger partial charge in [0, 0.05) is 26.2 Å². The van der Waals surface area contributed by atoms with E-state index in [9.17, 15) is 9.90 Å². The molecule has 2 aliphatic rings. The molecule has 5 nitrogen and oxygen atoms in total. The number of carbonyl (C=O) groups excluding carboxylic acids is 1. The van der Waals surface area contributed by atoms with Crippen LogP contribution in [0.25, 0.3) is 0 Å². The largest absolute Gasteiger partial charge is 0.396 e. The summed E-state index contributed by atoms with van der Waals surface area (Å²) in [7, 11) is 0. The molecule has 5 heteroatoms. The third-order valence-electron chi connectivity index (χ3n) is 5.51. The summed E-state index contributed by atoms with van der Waals surface area (Å²) in [4.78, 5) is 17.2. The molecule has 0 aliphatic carbocycles. The van der Waals surface area contributed by atoms with E-state index in [1.807, 2.05) is 29.2 Å². The summed E-state index contributed by atoms with van der Waals surface area (Å²) in [6.45, 7) is 5.05. The van der Waals surface area contributed by atoms with Crippen LogP contribution in [-0.4, -0.2) is 65.3 Å². The van der Waals surface area contributed by atoms with Crippen LogP contribution in [0.5, 0.6) is 0 Å². The normalized spacial score (nSPS) is 24.6. The second-order valence-corrected chi connectivity index (χ2v) is 7.61. The van der Waals surface area contributed by atoms with Crippen LogP contribution >= 0.6 is 0 Å². The Morgan fingerprint density at radius 3 is 2.28 bits per heavy atom. The lowest BCUT2D eigenvalue weighted by Crippen LogP contribution is -2.48. The minimum absolute atomic E-state index is 0.0245. The second-order valence-electron chi connectivity index (χ2n) is 7.61. The second kappa shape index (κ2) is 8.79. The predicted molar refractivity (Wildman–Crippen MR) is 97.0 cm³/mol. The minimum Gasteiger partial charge on any atom is -0.396 e. The molecule has 2 saturated heterocycles. The highest BCUT2D eigenvalue weighted by Gasteiger charge is 2.31. The molecule has 1 aromatic rings. The molecule has 0 bridgehead atoms. The third-order valence-corrected chi connectivity index (χ3v) is 5.51. The zero-order chi connectivity index (χ0) is 17.6. The first-order valence-electron chi connectivity index (χ1n) is 9.47. The fourth-order valence-electron chi connectivity index (χ4n) is 4.17. The minimum atomic E-state index is 0.0245. The molecule has 0 spiro atoms. The van der Waals surface area contributed by atoms with Gasteiger partial charge in [0.25, 0.3) is 0 Å². The molecule has 0 saturated carbocycles. The highest BCUT2D eigenvalue weighted by atomic mass is 16.3. The molecule has 138 valence electrons. The fourth-order valence-corrected chi connectivity index (χ4v) is 4.17. The lowest BCUT2D eigenvalue weighted by molar-refractivity contribution is -0.134. The summed E-state index contributed by atoms with van der Waals surface area (Å²) in [6, 6.07) is 7.56. The van der Waals surface area contributed by atoms with Crippen LogP contribution in [0.15, 0.2) is 24.3 Å². The van der Waals surface area contributed by atoms with Crippen molar-refractivity contribution in [3.63, 3.8) is 0 Å². The Morgan fingerprint density at radius 2 is 1.64 bits per heavy atom. The number of benzene rings is 1. The van der Waals surface area contributed by atoms with E-state index < -0.39 is 0 Å². The fraction of sp³-hybridized carbons (Fsp3) is 0.650. The van der Waals surface area contributed by atoms with E-state index in [4.69, 9.17) is 5.11 Å². The van der Waals surface area contributed by atoms with Crippen molar-refractivity contribution in [2.24, 2.45) is 11.8 Å². The number of aliphatic hydroxyl groups is 2. The zero-order valence-corrected chi connectivity index (χ0v) is 14.9.